The molecule has 8 heteroatoms. The van der Waals surface area contributed by atoms with Crippen LogP contribution in [0.4, 0.5) is 29.3 Å². The maximum Gasteiger partial charge on any atom is 0.418 e. The number of carbonyl (C=O) groups is 1. The third kappa shape index (κ3) is 4.30. The monoisotopic (exact) mass is 490 g/mol. The number of benzene rings is 3. The highest BCUT2D eigenvalue weighted by Crippen LogP contribution is 2.39. The minimum Gasteiger partial charge on any atom is -0.378 e. The van der Waals surface area contributed by atoms with Gasteiger partial charge in [0.1, 0.15) is 0 Å². The number of halogens is 3. The van der Waals surface area contributed by atoms with Crippen LogP contribution in [0.25, 0.3) is 5.69 Å². The van der Waals surface area contributed by atoms with Gasteiger partial charge in [-0.15, -0.1) is 0 Å². The molecule has 3 aromatic carbocycles. The lowest BCUT2D eigenvalue weighted by atomic mass is 10.0. The van der Waals surface area contributed by atoms with Crippen LogP contribution in [-0.2, 0) is 12.7 Å². The number of nitrogens with one attached hydrogen (secondary N) is 1. The number of urea groups is 1. The molecule has 0 unspecified atom stereocenters. The standard InChI is InChI=1S/C28H25F3N4O/c1-33(2)21-15-13-19(14-16-21)26-25-12-7-17-34(25)24-11-6-3-8-20(24)18-35(26)27(36)32-23-10-5-4-9-22(23)28(29,30)31/h3-17,26H,18H2,1-2H3,(H,32,36)/t26-/m0/s1. The summed E-state index contributed by atoms with van der Waals surface area (Å²) in [5.74, 6) is 0. The van der Waals surface area contributed by atoms with Gasteiger partial charge in [0.25, 0.3) is 0 Å². The summed E-state index contributed by atoms with van der Waals surface area (Å²) in [4.78, 5) is 17.3. The third-order valence-electron chi connectivity index (χ3n) is 6.42. The quantitative estimate of drug-likeness (QED) is 0.347. The van der Waals surface area contributed by atoms with E-state index in [1.807, 2.05) is 90.4 Å². The van der Waals surface area contributed by atoms with Crippen molar-refractivity contribution in [3.63, 3.8) is 0 Å². The van der Waals surface area contributed by atoms with Crippen LogP contribution in [0.2, 0.25) is 0 Å². The maximum atomic E-state index is 13.7. The fourth-order valence-electron chi connectivity index (χ4n) is 4.67. The zero-order chi connectivity index (χ0) is 25.4. The molecule has 4 aromatic rings. The van der Waals surface area contributed by atoms with Crippen molar-refractivity contribution in [2.75, 3.05) is 24.3 Å². The number of amides is 2. The van der Waals surface area contributed by atoms with Crippen molar-refractivity contribution in [3.05, 3.63) is 114 Å². The number of alkyl halides is 3. The number of para-hydroxylation sites is 2. The van der Waals surface area contributed by atoms with E-state index in [1.165, 1.54) is 18.2 Å². The lowest BCUT2D eigenvalue weighted by molar-refractivity contribution is -0.136. The van der Waals surface area contributed by atoms with Gasteiger partial charge in [-0.3, -0.25) is 0 Å². The van der Waals surface area contributed by atoms with Crippen molar-refractivity contribution >= 4 is 17.4 Å². The number of aromatic nitrogens is 1. The number of hydrogen-bond acceptors (Lipinski definition) is 2. The van der Waals surface area contributed by atoms with Crippen LogP contribution in [0.5, 0.6) is 0 Å². The molecule has 5 rings (SSSR count). The van der Waals surface area contributed by atoms with Crippen molar-refractivity contribution in [1.29, 1.82) is 0 Å². The smallest absolute Gasteiger partial charge is 0.378 e. The molecule has 1 N–H and O–H groups in total. The van der Waals surface area contributed by atoms with E-state index in [2.05, 4.69) is 5.32 Å². The number of fused-ring (bicyclic) bond motifs is 3. The lowest BCUT2D eigenvalue weighted by Crippen LogP contribution is -2.38. The average molecular weight is 491 g/mol. The Labute approximate surface area is 207 Å². The first-order chi connectivity index (χ1) is 17.2. The van der Waals surface area contributed by atoms with Gasteiger partial charge in [0.15, 0.2) is 0 Å². The van der Waals surface area contributed by atoms with Gasteiger partial charge in [-0.1, -0.05) is 42.5 Å². The van der Waals surface area contributed by atoms with Gasteiger partial charge in [-0.2, -0.15) is 13.2 Å². The first-order valence-electron chi connectivity index (χ1n) is 11.5. The molecule has 2 heterocycles. The zero-order valence-electron chi connectivity index (χ0n) is 19.8. The van der Waals surface area contributed by atoms with Gasteiger partial charge < -0.3 is 19.7 Å². The molecule has 0 saturated carbocycles. The second-order valence-corrected chi connectivity index (χ2v) is 8.92. The number of nitrogens with zero attached hydrogens (tertiary/aromatic N) is 3. The van der Waals surface area contributed by atoms with Gasteiger partial charge in [0.2, 0.25) is 0 Å². The highest BCUT2D eigenvalue weighted by atomic mass is 19.4. The first-order valence-corrected chi connectivity index (χ1v) is 11.5. The fourth-order valence-corrected chi connectivity index (χ4v) is 4.67. The fraction of sp³-hybridized carbons (Fsp3) is 0.179. The molecule has 1 aliphatic rings. The van der Waals surface area contributed by atoms with Crippen molar-refractivity contribution in [3.8, 4) is 5.69 Å². The summed E-state index contributed by atoms with van der Waals surface area (Å²) in [6, 6.07) is 23.3. The van der Waals surface area contributed by atoms with Crippen LogP contribution in [0, 0.1) is 0 Å². The molecule has 36 heavy (non-hydrogen) atoms. The number of rotatable bonds is 3. The molecule has 0 saturated heterocycles. The van der Waals surface area contributed by atoms with Crippen LogP contribution in [0.15, 0.2) is 91.1 Å². The van der Waals surface area contributed by atoms with Crippen LogP contribution < -0.4 is 10.2 Å². The molecule has 2 amide bonds. The van der Waals surface area contributed by atoms with E-state index >= 15 is 0 Å². The topological polar surface area (TPSA) is 40.5 Å². The highest BCUT2D eigenvalue weighted by Gasteiger charge is 2.36. The second kappa shape index (κ2) is 9.11. The van der Waals surface area contributed by atoms with Crippen molar-refractivity contribution in [2.24, 2.45) is 0 Å². The van der Waals surface area contributed by atoms with E-state index in [4.69, 9.17) is 0 Å². The van der Waals surface area contributed by atoms with E-state index in [9.17, 15) is 18.0 Å². The van der Waals surface area contributed by atoms with E-state index in [0.29, 0.717) is 0 Å². The van der Waals surface area contributed by atoms with Crippen LogP contribution in [0.3, 0.4) is 0 Å². The Balaban J connectivity index is 1.62. The molecule has 1 aromatic heterocycles. The molecule has 0 spiro atoms. The number of carbonyl (C=O) groups excluding carboxylic acids is 1. The lowest BCUT2D eigenvalue weighted by Gasteiger charge is -2.31. The third-order valence-corrected chi connectivity index (χ3v) is 6.42. The minimum atomic E-state index is -4.59. The highest BCUT2D eigenvalue weighted by molar-refractivity contribution is 5.91. The first kappa shape index (κ1) is 23.5. The van der Waals surface area contributed by atoms with Crippen LogP contribution >= 0.6 is 0 Å². The van der Waals surface area contributed by atoms with Gasteiger partial charge in [0.05, 0.1) is 29.5 Å². The van der Waals surface area contributed by atoms with Gasteiger partial charge in [0, 0.05) is 31.7 Å². The molecule has 184 valence electrons. The Kier molecular flexibility index (Phi) is 5.96. The number of hydrogen-bond donors (Lipinski definition) is 1. The Bertz CT molecular complexity index is 1390. The molecule has 0 radical (unpaired) electrons. The average Bonchev–Trinajstić information content (AvgIpc) is 3.28. The summed E-state index contributed by atoms with van der Waals surface area (Å²) < 4.78 is 42.9. The minimum absolute atomic E-state index is 0.220. The van der Waals surface area contributed by atoms with Gasteiger partial charge in [-0.05, 0) is 53.6 Å². The van der Waals surface area contributed by atoms with Crippen molar-refractivity contribution in [2.45, 2.75) is 18.8 Å². The summed E-state index contributed by atoms with van der Waals surface area (Å²) in [7, 11) is 3.89. The summed E-state index contributed by atoms with van der Waals surface area (Å²) >= 11 is 0. The molecular formula is C28H25F3N4O. The maximum absolute atomic E-state index is 13.7. The molecule has 1 atom stereocenters. The normalized spacial score (nSPS) is 15.0. The Hall–Kier alpha value is -4.20. The Morgan fingerprint density at radius 1 is 0.917 bits per heavy atom. The SMILES string of the molecule is CN(C)c1ccc([C@H]2c3cccn3-c3ccccc3CN2C(=O)Nc2ccccc2C(F)(F)F)cc1. The summed E-state index contributed by atoms with van der Waals surface area (Å²) in [6.07, 6.45) is -2.65. The molecule has 0 aliphatic carbocycles. The van der Waals surface area contributed by atoms with E-state index in [1.54, 1.807) is 4.90 Å². The van der Waals surface area contributed by atoms with Crippen molar-refractivity contribution < 1.29 is 18.0 Å². The summed E-state index contributed by atoms with van der Waals surface area (Å²) in [5.41, 5.74) is 3.36. The van der Waals surface area contributed by atoms with Gasteiger partial charge in [-0.25, -0.2) is 4.79 Å². The largest absolute Gasteiger partial charge is 0.418 e. The Morgan fingerprint density at radius 2 is 1.61 bits per heavy atom. The molecule has 1 aliphatic heterocycles. The number of anilines is 2. The van der Waals surface area contributed by atoms with Crippen LogP contribution in [0.1, 0.15) is 28.4 Å². The second-order valence-electron chi connectivity index (χ2n) is 8.92. The molecule has 0 fully saturated rings. The van der Waals surface area contributed by atoms with Crippen LogP contribution in [-0.4, -0.2) is 29.6 Å². The Morgan fingerprint density at radius 3 is 2.33 bits per heavy atom. The summed E-state index contributed by atoms with van der Waals surface area (Å²) in [6.45, 7) is 0.220. The molecule has 5 nitrogen and oxygen atoms in total. The molecular weight excluding hydrogens is 465 g/mol. The molecule has 0 bridgehead atoms. The zero-order valence-corrected chi connectivity index (χ0v) is 19.8. The predicted octanol–water partition coefficient (Wildman–Crippen LogP) is 6.70. The predicted molar refractivity (Wildman–Crippen MR) is 134 cm³/mol. The summed E-state index contributed by atoms with van der Waals surface area (Å²) in [5, 5.41) is 2.55. The van der Waals surface area contributed by atoms with Crippen molar-refractivity contribution in [1.82, 2.24) is 9.47 Å². The van der Waals surface area contributed by atoms with E-state index in [0.717, 1.165) is 34.3 Å². The van der Waals surface area contributed by atoms with Gasteiger partial charge >= 0.3 is 12.2 Å². The van der Waals surface area contributed by atoms with E-state index < -0.39 is 23.8 Å². The van der Waals surface area contributed by atoms with E-state index in [-0.39, 0.29) is 12.2 Å².